The molecule has 8 nitrogen and oxygen atoms in total. The minimum atomic E-state index is -4.40. The molecule has 0 spiro atoms. The van der Waals surface area contributed by atoms with Crippen LogP contribution in [0.1, 0.15) is 48.5 Å². The number of ether oxygens (including phenoxy) is 1. The number of rotatable bonds is 9. The molecular formula is C33H39ClF3N5O3. The Kier molecular flexibility index (Phi) is 12.6. The van der Waals surface area contributed by atoms with E-state index in [1.807, 2.05) is 30.3 Å². The molecule has 3 heterocycles. The number of amides is 2. The molecule has 242 valence electrons. The summed E-state index contributed by atoms with van der Waals surface area (Å²) >= 11 is 6.04. The highest BCUT2D eigenvalue weighted by Crippen LogP contribution is 2.31. The van der Waals surface area contributed by atoms with Crippen molar-refractivity contribution in [2.45, 2.75) is 37.9 Å². The fraction of sp³-hybridized carbons (Fsp3) is 0.424. The number of piperidine rings is 2. The fourth-order valence-electron chi connectivity index (χ4n) is 5.37. The third kappa shape index (κ3) is 10.7. The first-order valence-corrected chi connectivity index (χ1v) is 15.5. The molecule has 2 aliphatic heterocycles. The van der Waals surface area contributed by atoms with E-state index in [1.165, 1.54) is 12.1 Å². The van der Waals surface area contributed by atoms with E-state index >= 15 is 0 Å². The van der Waals surface area contributed by atoms with Crippen LogP contribution in [0, 0.1) is 11.8 Å². The Labute approximate surface area is 266 Å². The second-order valence-electron chi connectivity index (χ2n) is 11.2. The monoisotopic (exact) mass is 645 g/mol. The molecule has 5 rings (SSSR count). The van der Waals surface area contributed by atoms with Gasteiger partial charge in [-0.25, -0.2) is 0 Å². The number of halogens is 4. The van der Waals surface area contributed by atoms with Gasteiger partial charge in [-0.05, 0) is 99.9 Å². The molecule has 12 heteroatoms. The molecule has 1 aromatic heterocycles. The summed E-state index contributed by atoms with van der Waals surface area (Å²) in [6.45, 7) is 4.14. The summed E-state index contributed by atoms with van der Waals surface area (Å²) in [5, 5.41) is 6.94. The molecule has 4 N–H and O–H groups in total. The number of aromatic nitrogens is 1. The molecule has 0 radical (unpaired) electrons. The number of hydrogen-bond acceptors (Lipinski definition) is 6. The second kappa shape index (κ2) is 16.6. The Hall–Kier alpha value is -3.67. The van der Waals surface area contributed by atoms with Crippen LogP contribution >= 0.6 is 11.6 Å². The molecule has 2 amide bonds. The zero-order chi connectivity index (χ0) is 32.2. The van der Waals surface area contributed by atoms with Gasteiger partial charge in [0.1, 0.15) is 12.4 Å². The van der Waals surface area contributed by atoms with Crippen LogP contribution in [0.3, 0.4) is 0 Å². The first-order valence-electron chi connectivity index (χ1n) is 15.1. The van der Waals surface area contributed by atoms with E-state index in [0.717, 1.165) is 49.3 Å². The lowest BCUT2D eigenvalue weighted by Gasteiger charge is -2.32. The van der Waals surface area contributed by atoms with Gasteiger partial charge in [0.15, 0.2) is 0 Å². The summed E-state index contributed by atoms with van der Waals surface area (Å²) in [6, 6.07) is 17.5. The highest BCUT2D eigenvalue weighted by Gasteiger charge is 2.31. The van der Waals surface area contributed by atoms with Gasteiger partial charge in [-0.3, -0.25) is 19.5 Å². The molecule has 0 aliphatic carbocycles. The smallest absolute Gasteiger partial charge is 0.416 e. The quantitative estimate of drug-likeness (QED) is 0.294. The van der Waals surface area contributed by atoms with E-state index in [1.54, 1.807) is 18.3 Å². The number of nitrogens with zero attached hydrogens (tertiary/aromatic N) is 2. The lowest BCUT2D eigenvalue weighted by molar-refractivity contribution is -0.137. The molecule has 45 heavy (non-hydrogen) atoms. The van der Waals surface area contributed by atoms with Crippen LogP contribution in [0.2, 0.25) is 5.02 Å². The van der Waals surface area contributed by atoms with Crippen molar-refractivity contribution in [3.63, 3.8) is 0 Å². The minimum Gasteiger partial charge on any atom is -0.492 e. The third-order valence-electron chi connectivity index (χ3n) is 8.01. The Balaban J connectivity index is 0.000000440. The third-order valence-corrected chi connectivity index (χ3v) is 8.26. The summed E-state index contributed by atoms with van der Waals surface area (Å²) in [6.07, 6.45) is 0.496. The lowest BCUT2D eigenvalue weighted by Crippen LogP contribution is -2.42. The topological polar surface area (TPSA) is 110 Å². The van der Waals surface area contributed by atoms with Gasteiger partial charge >= 0.3 is 6.18 Å². The van der Waals surface area contributed by atoms with Gasteiger partial charge < -0.3 is 21.1 Å². The van der Waals surface area contributed by atoms with E-state index in [0.29, 0.717) is 37.5 Å². The van der Waals surface area contributed by atoms with E-state index in [2.05, 4.69) is 20.5 Å². The molecule has 1 unspecified atom stereocenters. The van der Waals surface area contributed by atoms with Gasteiger partial charge in [0.2, 0.25) is 11.8 Å². The summed E-state index contributed by atoms with van der Waals surface area (Å²) in [4.78, 5) is 30.3. The summed E-state index contributed by atoms with van der Waals surface area (Å²) < 4.78 is 44.1. The Morgan fingerprint density at radius 2 is 1.71 bits per heavy atom. The van der Waals surface area contributed by atoms with Gasteiger partial charge in [-0.15, -0.1) is 0 Å². The van der Waals surface area contributed by atoms with E-state index in [4.69, 9.17) is 22.1 Å². The maximum absolute atomic E-state index is 13.1. The maximum Gasteiger partial charge on any atom is 0.416 e. The Bertz CT molecular complexity index is 1360. The lowest BCUT2D eigenvalue weighted by atomic mass is 9.94. The molecule has 0 saturated carbocycles. The number of alkyl halides is 3. The number of likely N-dealkylation sites (tertiary alicyclic amines) is 1. The summed E-state index contributed by atoms with van der Waals surface area (Å²) in [5.74, 6) is 0.0224. The summed E-state index contributed by atoms with van der Waals surface area (Å²) in [7, 11) is 0. The molecule has 2 fully saturated rings. The molecule has 2 aliphatic rings. The van der Waals surface area contributed by atoms with Crippen molar-refractivity contribution in [1.82, 2.24) is 20.5 Å². The standard InChI is InChI=1S/C27H27ClF3N3O2.C6H12N2O/c28-22-9-7-19(8-10-22)25(24-6-1-2-13-32-24)33-26(35)20-11-14-34(15-12-20)16-17-36-23-5-3-4-21(18-23)27(29,30)31;7-6(9)5-1-3-8-4-2-5/h1-10,13,18,20,25H,11-12,14-17H2,(H,33,35);5,8H,1-4H2,(H2,7,9). The highest BCUT2D eigenvalue weighted by atomic mass is 35.5. The molecule has 1 atom stereocenters. The zero-order valence-electron chi connectivity index (χ0n) is 24.9. The Morgan fingerprint density at radius 3 is 2.31 bits per heavy atom. The normalized spacial score (nSPS) is 17.1. The maximum atomic E-state index is 13.1. The number of carbonyl (C=O) groups excluding carboxylic acids is 2. The van der Waals surface area contributed by atoms with Gasteiger partial charge in [0.25, 0.3) is 0 Å². The van der Waals surface area contributed by atoms with Crippen LogP contribution in [0.5, 0.6) is 5.75 Å². The van der Waals surface area contributed by atoms with Crippen molar-refractivity contribution in [2.75, 3.05) is 39.3 Å². The van der Waals surface area contributed by atoms with Crippen molar-refractivity contribution in [3.8, 4) is 5.75 Å². The number of nitrogens with two attached hydrogens (primary N) is 1. The van der Waals surface area contributed by atoms with Gasteiger partial charge in [-0.1, -0.05) is 35.9 Å². The van der Waals surface area contributed by atoms with Crippen LogP contribution in [-0.2, 0) is 15.8 Å². The number of pyridine rings is 1. The van der Waals surface area contributed by atoms with Crippen LogP contribution in [0.15, 0.2) is 72.9 Å². The molecule has 3 aromatic rings. The van der Waals surface area contributed by atoms with Gasteiger partial charge in [-0.2, -0.15) is 13.2 Å². The average Bonchev–Trinajstić information content (AvgIpc) is 3.05. The molecular weight excluding hydrogens is 607 g/mol. The number of benzene rings is 2. The molecule has 2 saturated heterocycles. The highest BCUT2D eigenvalue weighted by molar-refractivity contribution is 6.30. The first kappa shape index (κ1) is 34.2. The van der Waals surface area contributed by atoms with Crippen LogP contribution < -0.4 is 21.1 Å². The second-order valence-corrected chi connectivity index (χ2v) is 11.6. The SMILES string of the molecule is NC(=O)C1CCNCC1.O=C(NC(c1ccc(Cl)cc1)c1ccccn1)C1CCN(CCOc2cccc(C(F)(F)F)c2)CC1. The fourth-order valence-corrected chi connectivity index (χ4v) is 5.50. The van der Waals surface area contributed by atoms with Crippen molar-refractivity contribution >= 4 is 23.4 Å². The predicted octanol–water partition coefficient (Wildman–Crippen LogP) is 5.22. The summed E-state index contributed by atoms with van der Waals surface area (Å²) in [5.41, 5.74) is 6.02. The number of carbonyl (C=O) groups is 2. The number of hydrogen-bond donors (Lipinski definition) is 3. The van der Waals surface area contributed by atoms with E-state index < -0.39 is 11.7 Å². The van der Waals surface area contributed by atoms with Gasteiger partial charge in [0, 0.05) is 29.6 Å². The van der Waals surface area contributed by atoms with Crippen LogP contribution in [-0.4, -0.2) is 61.0 Å². The number of nitrogens with one attached hydrogen (secondary N) is 2. The van der Waals surface area contributed by atoms with E-state index in [9.17, 15) is 22.8 Å². The first-order chi connectivity index (χ1) is 21.6. The van der Waals surface area contributed by atoms with Crippen LogP contribution in [0.4, 0.5) is 13.2 Å². The average molecular weight is 646 g/mol. The van der Waals surface area contributed by atoms with Crippen molar-refractivity contribution in [1.29, 1.82) is 0 Å². The zero-order valence-corrected chi connectivity index (χ0v) is 25.7. The van der Waals surface area contributed by atoms with E-state index in [-0.39, 0.29) is 42.0 Å². The van der Waals surface area contributed by atoms with Crippen LogP contribution in [0.25, 0.3) is 0 Å². The molecule has 2 aromatic carbocycles. The van der Waals surface area contributed by atoms with Crippen molar-refractivity contribution < 1.29 is 27.5 Å². The molecule has 0 bridgehead atoms. The minimum absolute atomic E-state index is 0.0273. The van der Waals surface area contributed by atoms with Crippen molar-refractivity contribution in [3.05, 3.63) is 94.8 Å². The van der Waals surface area contributed by atoms with Gasteiger partial charge in [0.05, 0.1) is 17.3 Å². The Morgan fingerprint density at radius 1 is 1.00 bits per heavy atom. The largest absolute Gasteiger partial charge is 0.492 e. The number of primary amides is 1. The predicted molar refractivity (Wildman–Crippen MR) is 167 cm³/mol. The van der Waals surface area contributed by atoms with Crippen molar-refractivity contribution in [2.24, 2.45) is 17.6 Å².